The van der Waals surface area contributed by atoms with Crippen LogP contribution in [-0.4, -0.2) is 56.2 Å². The van der Waals surface area contributed by atoms with E-state index < -0.39 is 10.0 Å². The van der Waals surface area contributed by atoms with Crippen LogP contribution in [0, 0.1) is 11.8 Å². The van der Waals surface area contributed by atoms with Crippen LogP contribution in [0.15, 0.2) is 0 Å². The van der Waals surface area contributed by atoms with Gasteiger partial charge in [0.15, 0.2) is 0 Å². The second kappa shape index (κ2) is 7.27. The van der Waals surface area contributed by atoms with Crippen LogP contribution in [0.25, 0.3) is 0 Å². The van der Waals surface area contributed by atoms with Crippen molar-refractivity contribution in [1.82, 2.24) is 9.62 Å². The summed E-state index contributed by atoms with van der Waals surface area (Å²) in [5, 5.41) is 2.94. The molecule has 2 rings (SSSR count). The first kappa shape index (κ1) is 17.7. The molecule has 0 radical (unpaired) electrons. The molecule has 2 fully saturated rings. The Kier molecular flexibility index (Phi) is 5.85. The van der Waals surface area contributed by atoms with Gasteiger partial charge in [-0.15, -0.1) is 0 Å². The second-order valence-corrected chi connectivity index (χ2v) is 8.85. The number of carbonyl (C=O) groups is 1. The first-order chi connectivity index (χ1) is 10.3. The molecule has 7 heteroatoms. The van der Waals surface area contributed by atoms with E-state index in [1.807, 2.05) is 20.8 Å². The molecule has 2 saturated heterocycles. The molecular weight excluding hydrogens is 304 g/mol. The van der Waals surface area contributed by atoms with Crippen LogP contribution in [-0.2, 0) is 19.6 Å². The topological polar surface area (TPSA) is 75.7 Å². The van der Waals surface area contributed by atoms with Crippen LogP contribution in [0.3, 0.4) is 0 Å². The van der Waals surface area contributed by atoms with Crippen molar-refractivity contribution >= 4 is 15.9 Å². The van der Waals surface area contributed by atoms with Crippen molar-refractivity contribution in [2.24, 2.45) is 11.8 Å². The van der Waals surface area contributed by atoms with Crippen LogP contribution >= 0.6 is 0 Å². The summed E-state index contributed by atoms with van der Waals surface area (Å²) in [7, 11) is -3.22. The number of ether oxygens (including phenoxy) is 1. The van der Waals surface area contributed by atoms with Gasteiger partial charge in [0.05, 0.1) is 23.9 Å². The molecule has 0 aromatic rings. The third kappa shape index (κ3) is 4.20. The number of amides is 1. The number of hydrogen-bond donors (Lipinski definition) is 1. The van der Waals surface area contributed by atoms with Gasteiger partial charge in [-0.2, -0.15) is 4.31 Å². The van der Waals surface area contributed by atoms with Crippen molar-refractivity contribution in [3.05, 3.63) is 0 Å². The lowest BCUT2D eigenvalue weighted by Gasteiger charge is -2.32. The van der Waals surface area contributed by atoms with E-state index in [0.29, 0.717) is 38.4 Å². The fourth-order valence-corrected chi connectivity index (χ4v) is 4.70. The highest BCUT2D eigenvalue weighted by molar-refractivity contribution is 7.89. The minimum atomic E-state index is -3.22. The Labute approximate surface area is 133 Å². The van der Waals surface area contributed by atoms with Gasteiger partial charge in [0.2, 0.25) is 15.9 Å². The van der Waals surface area contributed by atoms with Gasteiger partial charge in [0.1, 0.15) is 0 Å². The normalized spacial score (nSPS) is 29.0. The van der Waals surface area contributed by atoms with Gasteiger partial charge in [0, 0.05) is 19.6 Å². The Bertz CT molecular complexity index is 492. The molecule has 0 aromatic carbocycles. The Hall–Kier alpha value is -0.660. The van der Waals surface area contributed by atoms with Gasteiger partial charge in [-0.05, 0) is 18.8 Å². The van der Waals surface area contributed by atoms with E-state index in [4.69, 9.17) is 4.74 Å². The molecule has 1 N–H and O–H groups in total. The molecule has 0 unspecified atom stereocenters. The van der Waals surface area contributed by atoms with Gasteiger partial charge in [-0.25, -0.2) is 8.42 Å². The fraction of sp³-hybridized carbons (Fsp3) is 0.933. The molecule has 2 bridgehead atoms. The van der Waals surface area contributed by atoms with E-state index in [9.17, 15) is 13.2 Å². The summed E-state index contributed by atoms with van der Waals surface area (Å²) < 4.78 is 32.0. The van der Waals surface area contributed by atoms with Gasteiger partial charge in [-0.3, -0.25) is 4.79 Å². The highest BCUT2D eigenvalue weighted by Crippen LogP contribution is 2.33. The molecule has 3 atom stereocenters. The quantitative estimate of drug-likeness (QED) is 0.754. The Morgan fingerprint density at radius 2 is 2.09 bits per heavy atom. The molecule has 128 valence electrons. The lowest BCUT2D eigenvalue weighted by molar-refractivity contribution is -0.127. The van der Waals surface area contributed by atoms with Crippen LogP contribution in [0.2, 0.25) is 0 Å². The summed E-state index contributed by atoms with van der Waals surface area (Å²) in [5.74, 6) is 0.355. The maximum Gasteiger partial charge on any atom is 0.225 e. The van der Waals surface area contributed by atoms with Crippen LogP contribution in [0.1, 0.15) is 40.0 Å². The zero-order chi connectivity index (χ0) is 16.3. The summed E-state index contributed by atoms with van der Waals surface area (Å²) in [5.41, 5.74) is 0. The number of fused-ring (bicyclic) bond motifs is 2. The largest absolute Gasteiger partial charge is 0.371 e. The molecule has 6 nitrogen and oxygen atoms in total. The highest BCUT2D eigenvalue weighted by atomic mass is 32.2. The van der Waals surface area contributed by atoms with Gasteiger partial charge >= 0.3 is 0 Å². The van der Waals surface area contributed by atoms with Crippen molar-refractivity contribution in [2.75, 3.05) is 25.4 Å². The minimum absolute atomic E-state index is 0.00555. The van der Waals surface area contributed by atoms with E-state index in [1.54, 1.807) is 0 Å². The summed E-state index contributed by atoms with van der Waals surface area (Å²) in [4.78, 5) is 12.3. The van der Waals surface area contributed by atoms with Gasteiger partial charge in [-0.1, -0.05) is 27.2 Å². The summed E-state index contributed by atoms with van der Waals surface area (Å²) in [6.07, 6.45) is 1.70. The summed E-state index contributed by atoms with van der Waals surface area (Å²) >= 11 is 0. The Balaban J connectivity index is 1.96. The molecule has 2 aliphatic rings. The third-order valence-electron chi connectivity index (χ3n) is 4.29. The number of nitrogens with zero attached hydrogens (tertiary/aromatic N) is 1. The van der Waals surface area contributed by atoms with Crippen molar-refractivity contribution in [3.8, 4) is 0 Å². The van der Waals surface area contributed by atoms with E-state index in [2.05, 4.69) is 5.32 Å². The summed E-state index contributed by atoms with van der Waals surface area (Å²) in [6.45, 7) is 7.41. The monoisotopic (exact) mass is 332 g/mol. The summed E-state index contributed by atoms with van der Waals surface area (Å²) in [6, 6.07) is 0. The lowest BCUT2D eigenvalue weighted by atomic mass is 9.99. The van der Waals surface area contributed by atoms with Crippen molar-refractivity contribution < 1.29 is 17.9 Å². The molecule has 0 aromatic heterocycles. The fourth-order valence-electron chi connectivity index (χ4n) is 3.02. The average molecular weight is 332 g/mol. The highest BCUT2D eigenvalue weighted by Gasteiger charge is 2.47. The molecule has 2 aliphatic heterocycles. The number of unbranched alkanes of at least 4 members (excludes halogenated alkanes) is 1. The number of morpholine rings is 1. The van der Waals surface area contributed by atoms with Crippen molar-refractivity contribution in [2.45, 2.75) is 52.2 Å². The average Bonchev–Trinajstić information content (AvgIpc) is 2.76. The molecule has 22 heavy (non-hydrogen) atoms. The number of rotatable bonds is 7. The third-order valence-corrected chi connectivity index (χ3v) is 6.18. The van der Waals surface area contributed by atoms with Crippen molar-refractivity contribution in [1.29, 1.82) is 0 Å². The number of carbonyl (C=O) groups excluding carboxylic acids is 1. The molecule has 2 heterocycles. The van der Waals surface area contributed by atoms with Crippen LogP contribution in [0.4, 0.5) is 0 Å². The van der Waals surface area contributed by atoms with Crippen molar-refractivity contribution in [3.63, 3.8) is 0 Å². The SMILES string of the molecule is CCCCS(=O)(=O)N1C[C@@H]2C[C@@H](C(=O)NCC(C)C)[C@H](C1)O2. The molecule has 0 aliphatic carbocycles. The molecule has 0 saturated carbocycles. The van der Waals surface area contributed by atoms with Crippen LogP contribution < -0.4 is 5.32 Å². The number of nitrogens with one attached hydrogen (secondary N) is 1. The number of hydrogen-bond acceptors (Lipinski definition) is 4. The second-order valence-electron chi connectivity index (χ2n) is 6.76. The first-order valence-electron chi connectivity index (χ1n) is 8.24. The lowest BCUT2D eigenvalue weighted by Crippen LogP contribution is -2.48. The predicted molar refractivity (Wildman–Crippen MR) is 84.9 cm³/mol. The first-order valence-corrected chi connectivity index (χ1v) is 9.85. The smallest absolute Gasteiger partial charge is 0.225 e. The molecule has 1 amide bonds. The molecule has 0 spiro atoms. The van der Waals surface area contributed by atoms with E-state index >= 15 is 0 Å². The predicted octanol–water partition coefficient (Wildman–Crippen LogP) is 0.978. The van der Waals surface area contributed by atoms with E-state index in [-0.39, 0.29) is 29.8 Å². The zero-order valence-electron chi connectivity index (χ0n) is 13.7. The van der Waals surface area contributed by atoms with E-state index in [1.165, 1.54) is 4.31 Å². The van der Waals surface area contributed by atoms with Gasteiger partial charge in [0.25, 0.3) is 0 Å². The maximum absolute atomic E-state index is 12.3. The standard InChI is InChI=1S/C15H28N2O4S/c1-4-5-6-22(19,20)17-9-12-7-13(14(10-17)21-12)15(18)16-8-11(2)3/h11-14H,4-10H2,1-3H3,(H,16,18)/t12-,13+,14-/m0/s1. The Morgan fingerprint density at radius 3 is 2.73 bits per heavy atom. The number of sulfonamides is 1. The zero-order valence-corrected chi connectivity index (χ0v) is 14.6. The molecular formula is C15H28N2O4S. The van der Waals surface area contributed by atoms with E-state index in [0.717, 1.165) is 6.42 Å². The van der Waals surface area contributed by atoms with Gasteiger partial charge < -0.3 is 10.1 Å². The minimum Gasteiger partial charge on any atom is -0.371 e. The Morgan fingerprint density at radius 1 is 1.36 bits per heavy atom. The maximum atomic E-state index is 12.3. The van der Waals surface area contributed by atoms with Crippen LogP contribution in [0.5, 0.6) is 0 Å².